The van der Waals surface area contributed by atoms with Crippen molar-refractivity contribution in [1.82, 2.24) is 0 Å². The first-order chi connectivity index (χ1) is 9.13. The molecule has 0 bridgehead atoms. The summed E-state index contributed by atoms with van der Waals surface area (Å²) in [7, 11) is 1.63. The van der Waals surface area contributed by atoms with Crippen LogP contribution in [0.2, 0.25) is 0 Å². The first-order valence-electron chi connectivity index (χ1n) is 6.31. The van der Waals surface area contributed by atoms with Crippen LogP contribution in [0.1, 0.15) is 24.2 Å². The van der Waals surface area contributed by atoms with E-state index >= 15 is 0 Å². The lowest BCUT2D eigenvalue weighted by Gasteiger charge is -2.18. The second-order valence-corrected chi connectivity index (χ2v) is 4.60. The Balaban J connectivity index is 2.52. The molecular formula is C16H18O3. The Morgan fingerprint density at radius 1 is 1.21 bits per heavy atom. The van der Waals surface area contributed by atoms with Gasteiger partial charge in [0, 0.05) is 12.5 Å². The van der Waals surface area contributed by atoms with E-state index in [0.717, 1.165) is 10.8 Å². The number of ether oxygens (including phenoxy) is 2. The highest BCUT2D eigenvalue weighted by Gasteiger charge is 2.15. The van der Waals surface area contributed by atoms with Gasteiger partial charge >= 0.3 is 0 Å². The van der Waals surface area contributed by atoms with E-state index in [0.29, 0.717) is 17.9 Å². The topological polar surface area (TPSA) is 35.5 Å². The van der Waals surface area contributed by atoms with Crippen molar-refractivity contribution < 1.29 is 14.3 Å². The zero-order valence-corrected chi connectivity index (χ0v) is 11.5. The zero-order chi connectivity index (χ0) is 13.8. The van der Waals surface area contributed by atoms with Crippen molar-refractivity contribution in [2.24, 2.45) is 0 Å². The summed E-state index contributed by atoms with van der Waals surface area (Å²) in [6.45, 7) is 3.97. The molecule has 3 heteroatoms. The highest BCUT2D eigenvalue weighted by Crippen LogP contribution is 2.31. The van der Waals surface area contributed by atoms with Gasteiger partial charge in [-0.15, -0.1) is 0 Å². The van der Waals surface area contributed by atoms with Gasteiger partial charge in [-0.1, -0.05) is 30.3 Å². The van der Waals surface area contributed by atoms with Crippen LogP contribution in [-0.4, -0.2) is 25.6 Å². The maximum atomic E-state index is 11.7. The molecule has 1 atom stereocenters. The second-order valence-electron chi connectivity index (χ2n) is 4.60. The van der Waals surface area contributed by atoms with E-state index in [9.17, 15) is 4.79 Å². The number of rotatable bonds is 5. The number of carbonyl (C=O) groups excluding carboxylic acids is 1. The van der Waals surface area contributed by atoms with E-state index in [1.54, 1.807) is 14.0 Å². The molecule has 2 aromatic rings. The fourth-order valence-corrected chi connectivity index (χ4v) is 2.12. The van der Waals surface area contributed by atoms with Gasteiger partial charge in [0.2, 0.25) is 0 Å². The van der Waals surface area contributed by atoms with E-state index in [2.05, 4.69) is 0 Å². The lowest BCUT2D eigenvalue weighted by Crippen LogP contribution is -2.19. The average molecular weight is 258 g/mol. The molecule has 2 rings (SSSR count). The number of methoxy groups -OCH3 is 1. The summed E-state index contributed by atoms with van der Waals surface area (Å²) >= 11 is 0. The molecule has 0 radical (unpaired) electrons. The molecule has 0 aliphatic rings. The Morgan fingerprint density at radius 2 is 1.95 bits per heavy atom. The summed E-state index contributed by atoms with van der Waals surface area (Å²) in [4.78, 5) is 11.7. The summed E-state index contributed by atoms with van der Waals surface area (Å²) in [5.74, 6) is 0.653. The van der Waals surface area contributed by atoms with Crippen molar-refractivity contribution in [2.45, 2.75) is 20.0 Å². The van der Waals surface area contributed by atoms with E-state index in [4.69, 9.17) is 9.47 Å². The van der Waals surface area contributed by atoms with Crippen molar-refractivity contribution in [2.75, 3.05) is 13.7 Å². The maximum absolute atomic E-state index is 11.7. The first-order valence-corrected chi connectivity index (χ1v) is 6.31. The molecule has 19 heavy (non-hydrogen) atoms. The predicted molar refractivity (Wildman–Crippen MR) is 75.9 cm³/mol. The molecule has 0 fully saturated rings. The summed E-state index contributed by atoms with van der Waals surface area (Å²) in [6, 6.07) is 11.7. The molecule has 0 saturated heterocycles. The van der Waals surface area contributed by atoms with Gasteiger partial charge < -0.3 is 9.47 Å². The predicted octanol–water partition coefficient (Wildman–Crippen LogP) is 3.46. The normalized spacial score (nSPS) is 12.4. The van der Waals surface area contributed by atoms with Crippen molar-refractivity contribution in [3.8, 4) is 5.75 Å². The smallest absolute Gasteiger partial charge is 0.163 e. The van der Waals surface area contributed by atoms with Gasteiger partial charge in [0.1, 0.15) is 11.9 Å². The third-order valence-electron chi connectivity index (χ3n) is 2.98. The standard InChI is InChI=1S/C16H18O3/c1-11(10-18-3)19-16-14(12(2)17)9-8-13-6-4-5-7-15(13)16/h4-9,11H,10H2,1-3H3. The molecule has 0 saturated carbocycles. The van der Waals surface area contributed by atoms with Crippen LogP contribution in [0.5, 0.6) is 5.75 Å². The fraction of sp³-hybridized carbons (Fsp3) is 0.312. The fourth-order valence-electron chi connectivity index (χ4n) is 2.12. The van der Waals surface area contributed by atoms with Gasteiger partial charge in [0.25, 0.3) is 0 Å². The zero-order valence-electron chi connectivity index (χ0n) is 11.5. The average Bonchev–Trinajstić information content (AvgIpc) is 2.39. The van der Waals surface area contributed by atoms with E-state index < -0.39 is 0 Å². The van der Waals surface area contributed by atoms with Gasteiger partial charge in [-0.25, -0.2) is 0 Å². The Hall–Kier alpha value is -1.87. The molecule has 0 amide bonds. The van der Waals surface area contributed by atoms with E-state index in [-0.39, 0.29) is 11.9 Å². The van der Waals surface area contributed by atoms with Gasteiger partial charge in [0.05, 0.1) is 12.2 Å². The number of hydrogen-bond acceptors (Lipinski definition) is 3. The Labute approximate surface area is 113 Å². The summed E-state index contributed by atoms with van der Waals surface area (Å²) in [5, 5.41) is 2.02. The highest BCUT2D eigenvalue weighted by atomic mass is 16.5. The van der Waals surface area contributed by atoms with Crippen molar-refractivity contribution in [1.29, 1.82) is 0 Å². The van der Waals surface area contributed by atoms with Crippen LogP contribution in [0.3, 0.4) is 0 Å². The molecule has 0 aliphatic heterocycles. The molecule has 2 aromatic carbocycles. The van der Waals surface area contributed by atoms with Gasteiger partial charge in [0.15, 0.2) is 5.78 Å². The third kappa shape index (κ3) is 2.93. The summed E-state index contributed by atoms with van der Waals surface area (Å²) < 4.78 is 11.0. The maximum Gasteiger partial charge on any atom is 0.163 e. The lowest BCUT2D eigenvalue weighted by atomic mass is 10.0. The molecule has 0 aliphatic carbocycles. The lowest BCUT2D eigenvalue weighted by molar-refractivity contribution is 0.0898. The second kappa shape index (κ2) is 5.85. The van der Waals surface area contributed by atoms with Crippen LogP contribution in [0, 0.1) is 0 Å². The molecule has 1 unspecified atom stereocenters. The monoisotopic (exact) mass is 258 g/mol. The highest BCUT2D eigenvalue weighted by molar-refractivity contribution is 6.03. The number of Topliss-reactive ketones (excluding diaryl/α,β-unsaturated/α-hetero) is 1. The number of hydrogen-bond donors (Lipinski definition) is 0. The summed E-state index contributed by atoms with van der Waals surface area (Å²) in [5.41, 5.74) is 0.613. The Kier molecular flexibility index (Phi) is 4.17. The van der Waals surface area contributed by atoms with E-state index in [1.165, 1.54) is 0 Å². The number of fused-ring (bicyclic) bond motifs is 1. The Bertz CT molecular complexity index is 590. The van der Waals surface area contributed by atoms with Crippen LogP contribution >= 0.6 is 0 Å². The third-order valence-corrected chi connectivity index (χ3v) is 2.98. The van der Waals surface area contributed by atoms with Crippen LogP contribution in [0.4, 0.5) is 0 Å². The largest absolute Gasteiger partial charge is 0.487 e. The summed E-state index contributed by atoms with van der Waals surface area (Å²) in [6.07, 6.45) is -0.103. The van der Waals surface area contributed by atoms with E-state index in [1.807, 2.05) is 43.3 Å². The van der Waals surface area contributed by atoms with Crippen LogP contribution in [0.15, 0.2) is 36.4 Å². The van der Waals surface area contributed by atoms with Crippen molar-refractivity contribution in [3.63, 3.8) is 0 Å². The van der Waals surface area contributed by atoms with Gasteiger partial charge in [-0.3, -0.25) is 4.79 Å². The van der Waals surface area contributed by atoms with Crippen molar-refractivity contribution >= 4 is 16.6 Å². The number of benzene rings is 2. The molecule has 0 spiro atoms. The van der Waals surface area contributed by atoms with Gasteiger partial charge in [-0.05, 0) is 25.3 Å². The van der Waals surface area contributed by atoms with Crippen LogP contribution in [-0.2, 0) is 4.74 Å². The molecule has 3 nitrogen and oxygen atoms in total. The van der Waals surface area contributed by atoms with Crippen LogP contribution < -0.4 is 4.74 Å². The first kappa shape index (κ1) is 13.6. The van der Waals surface area contributed by atoms with Crippen molar-refractivity contribution in [3.05, 3.63) is 42.0 Å². The number of ketones is 1. The molecule has 0 heterocycles. The molecule has 0 N–H and O–H groups in total. The van der Waals surface area contributed by atoms with Crippen LogP contribution in [0.25, 0.3) is 10.8 Å². The quantitative estimate of drug-likeness (QED) is 0.770. The molecule has 100 valence electrons. The van der Waals surface area contributed by atoms with Gasteiger partial charge in [-0.2, -0.15) is 0 Å². The molecule has 0 aromatic heterocycles. The Morgan fingerprint density at radius 3 is 2.63 bits per heavy atom. The minimum atomic E-state index is -0.103. The minimum Gasteiger partial charge on any atom is -0.487 e. The minimum absolute atomic E-state index is 0.00497. The SMILES string of the molecule is COCC(C)Oc1c(C(C)=O)ccc2ccccc12. The number of carbonyl (C=O) groups is 1. The molecular weight excluding hydrogens is 240 g/mol.